The molecule has 2 heterocycles. The van der Waals surface area contributed by atoms with Gasteiger partial charge in [0.2, 0.25) is 0 Å². The number of hydrogen-bond donors (Lipinski definition) is 1. The molecule has 0 bridgehead atoms. The van der Waals surface area contributed by atoms with Crippen molar-refractivity contribution < 1.29 is 0 Å². The predicted octanol–water partition coefficient (Wildman–Crippen LogP) is 4.63. The first-order valence-electron chi connectivity index (χ1n) is 9.25. The molecule has 0 radical (unpaired) electrons. The van der Waals surface area contributed by atoms with Crippen molar-refractivity contribution in [2.45, 2.75) is 25.4 Å². The molecule has 0 spiro atoms. The van der Waals surface area contributed by atoms with Crippen LogP contribution in [-0.2, 0) is 6.54 Å². The number of hydrogen-bond acceptors (Lipinski definition) is 4. The Kier molecular flexibility index (Phi) is 5.38. The number of pyridine rings is 1. The second-order valence-electron chi connectivity index (χ2n) is 6.93. The number of fused-ring (bicyclic) bond motifs is 1. The first-order valence-corrected chi connectivity index (χ1v) is 10.0. The average Bonchev–Trinajstić information content (AvgIpc) is 2.72. The largest absolute Gasteiger partial charge is 0.356 e. The van der Waals surface area contributed by atoms with Gasteiger partial charge in [-0.1, -0.05) is 46.3 Å². The maximum Gasteiger partial charge on any atom is 0.130 e. The highest BCUT2D eigenvalue weighted by Gasteiger charge is 2.21. The van der Waals surface area contributed by atoms with Crippen LogP contribution < -0.4 is 10.2 Å². The molecule has 0 atom stereocenters. The molecule has 4 rings (SSSR count). The Morgan fingerprint density at radius 2 is 1.89 bits per heavy atom. The molecule has 0 aliphatic carbocycles. The normalized spacial score (nSPS) is 15.0. The molecule has 1 aromatic heterocycles. The number of aromatic nitrogens is 1. The monoisotopic (exact) mass is 420 g/mol. The van der Waals surface area contributed by atoms with Gasteiger partial charge in [-0.3, -0.25) is 0 Å². The van der Waals surface area contributed by atoms with E-state index < -0.39 is 0 Å². The molecule has 0 saturated carbocycles. The van der Waals surface area contributed by atoms with Crippen LogP contribution in [0.4, 0.5) is 5.82 Å². The van der Waals surface area contributed by atoms with Gasteiger partial charge < -0.3 is 10.2 Å². The molecule has 27 heavy (non-hydrogen) atoms. The number of nitrogens with zero attached hydrogens (tertiary/aromatic N) is 3. The molecule has 1 aliphatic heterocycles. The van der Waals surface area contributed by atoms with E-state index in [4.69, 9.17) is 4.98 Å². The van der Waals surface area contributed by atoms with Crippen molar-refractivity contribution in [3.63, 3.8) is 0 Å². The van der Waals surface area contributed by atoms with Gasteiger partial charge in [0.25, 0.3) is 0 Å². The number of rotatable bonds is 4. The lowest BCUT2D eigenvalue weighted by molar-refractivity contribution is 0.413. The summed E-state index contributed by atoms with van der Waals surface area (Å²) in [6, 6.07) is 21.2. The number of benzene rings is 2. The molecule has 3 aromatic rings. The van der Waals surface area contributed by atoms with E-state index in [2.05, 4.69) is 56.5 Å². The van der Waals surface area contributed by atoms with Crippen LogP contribution in [0.2, 0.25) is 0 Å². The summed E-state index contributed by atoms with van der Waals surface area (Å²) in [6.45, 7) is 2.81. The van der Waals surface area contributed by atoms with Crippen LogP contribution in [0.5, 0.6) is 0 Å². The van der Waals surface area contributed by atoms with E-state index >= 15 is 0 Å². The molecule has 5 heteroatoms. The number of nitriles is 1. The van der Waals surface area contributed by atoms with Gasteiger partial charge in [-0.15, -0.1) is 0 Å². The van der Waals surface area contributed by atoms with Crippen LogP contribution in [0.25, 0.3) is 10.9 Å². The quantitative estimate of drug-likeness (QED) is 0.668. The zero-order valence-corrected chi connectivity index (χ0v) is 16.6. The molecule has 0 amide bonds. The highest BCUT2D eigenvalue weighted by Crippen LogP contribution is 2.27. The number of piperidine rings is 1. The van der Waals surface area contributed by atoms with Gasteiger partial charge in [-0.25, -0.2) is 4.98 Å². The predicted molar refractivity (Wildman–Crippen MR) is 113 cm³/mol. The minimum absolute atomic E-state index is 0.522. The summed E-state index contributed by atoms with van der Waals surface area (Å²) in [6.07, 6.45) is 2.16. The summed E-state index contributed by atoms with van der Waals surface area (Å²) in [5.41, 5.74) is 2.87. The third-order valence-electron chi connectivity index (χ3n) is 5.13. The molecule has 0 unspecified atom stereocenters. The first kappa shape index (κ1) is 18.0. The third kappa shape index (κ3) is 4.13. The van der Waals surface area contributed by atoms with Gasteiger partial charge in [-0.2, -0.15) is 5.26 Å². The standard InChI is InChI=1S/C22H21BrN4/c23-18-6-7-21-20(13-18)17(14-24)12-22(26-21)27-10-8-19(9-11-27)25-15-16-4-2-1-3-5-16/h1-7,12-13,19,25H,8-11,15H2. The smallest absolute Gasteiger partial charge is 0.130 e. The topological polar surface area (TPSA) is 52.0 Å². The van der Waals surface area contributed by atoms with Crippen LogP contribution in [-0.4, -0.2) is 24.1 Å². The van der Waals surface area contributed by atoms with Gasteiger partial charge in [0, 0.05) is 35.5 Å². The van der Waals surface area contributed by atoms with E-state index in [1.165, 1.54) is 5.56 Å². The van der Waals surface area contributed by atoms with Crippen LogP contribution in [0.1, 0.15) is 24.0 Å². The minimum atomic E-state index is 0.522. The van der Waals surface area contributed by atoms with Crippen molar-refractivity contribution in [3.05, 3.63) is 70.2 Å². The Balaban J connectivity index is 1.43. The second kappa shape index (κ2) is 8.08. The van der Waals surface area contributed by atoms with Gasteiger partial charge >= 0.3 is 0 Å². The highest BCUT2D eigenvalue weighted by atomic mass is 79.9. The molecular weight excluding hydrogens is 400 g/mol. The van der Waals surface area contributed by atoms with Crippen molar-refractivity contribution in [2.75, 3.05) is 18.0 Å². The first-order chi connectivity index (χ1) is 13.2. The summed E-state index contributed by atoms with van der Waals surface area (Å²) >= 11 is 3.47. The lowest BCUT2D eigenvalue weighted by atomic mass is 10.0. The number of halogens is 1. The molecule has 136 valence electrons. The Bertz CT molecular complexity index is 973. The van der Waals surface area contributed by atoms with E-state index in [9.17, 15) is 5.26 Å². The average molecular weight is 421 g/mol. The summed E-state index contributed by atoms with van der Waals surface area (Å²) in [5, 5.41) is 14.1. The maximum atomic E-state index is 9.55. The summed E-state index contributed by atoms with van der Waals surface area (Å²) in [4.78, 5) is 7.10. The summed E-state index contributed by atoms with van der Waals surface area (Å²) < 4.78 is 0.964. The van der Waals surface area contributed by atoms with E-state index in [1.807, 2.05) is 30.3 Å². The van der Waals surface area contributed by atoms with Gasteiger partial charge in [0.1, 0.15) is 5.82 Å². The molecule has 2 aromatic carbocycles. The molecular formula is C22H21BrN4. The minimum Gasteiger partial charge on any atom is -0.356 e. The lowest BCUT2D eigenvalue weighted by Gasteiger charge is -2.33. The zero-order chi connectivity index (χ0) is 18.6. The fourth-order valence-electron chi connectivity index (χ4n) is 3.61. The summed E-state index contributed by atoms with van der Waals surface area (Å²) in [5.74, 6) is 0.905. The molecule has 1 fully saturated rings. The number of nitrogens with one attached hydrogen (secondary N) is 1. The number of anilines is 1. The zero-order valence-electron chi connectivity index (χ0n) is 15.0. The van der Waals surface area contributed by atoms with E-state index in [0.717, 1.165) is 53.7 Å². The summed E-state index contributed by atoms with van der Waals surface area (Å²) in [7, 11) is 0. The van der Waals surface area contributed by atoms with Crippen molar-refractivity contribution >= 4 is 32.7 Å². The van der Waals surface area contributed by atoms with Gasteiger partial charge in [0.15, 0.2) is 0 Å². The van der Waals surface area contributed by atoms with Crippen molar-refractivity contribution in [1.82, 2.24) is 10.3 Å². The van der Waals surface area contributed by atoms with Crippen LogP contribution in [0.3, 0.4) is 0 Å². The Morgan fingerprint density at radius 3 is 2.63 bits per heavy atom. The Labute approximate surface area is 168 Å². The van der Waals surface area contributed by atoms with Crippen LogP contribution >= 0.6 is 15.9 Å². The van der Waals surface area contributed by atoms with Crippen LogP contribution in [0.15, 0.2) is 59.1 Å². The van der Waals surface area contributed by atoms with E-state index in [1.54, 1.807) is 0 Å². The van der Waals surface area contributed by atoms with Crippen molar-refractivity contribution in [3.8, 4) is 6.07 Å². The highest BCUT2D eigenvalue weighted by molar-refractivity contribution is 9.10. The van der Waals surface area contributed by atoms with Crippen LogP contribution in [0, 0.1) is 11.3 Å². The third-order valence-corrected chi connectivity index (χ3v) is 5.63. The fourth-order valence-corrected chi connectivity index (χ4v) is 3.97. The van der Waals surface area contributed by atoms with Crippen molar-refractivity contribution in [2.24, 2.45) is 0 Å². The molecule has 4 nitrogen and oxygen atoms in total. The molecule has 1 N–H and O–H groups in total. The Hall–Kier alpha value is -2.42. The molecule has 1 saturated heterocycles. The SMILES string of the molecule is N#Cc1cc(N2CCC(NCc3ccccc3)CC2)nc2ccc(Br)cc12. The van der Waals surface area contributed by atoms with E-state index in [0.29, 0.717) is 11.6 Å². The van der Waals surface area contributed by atoms with Gasteiger partial charge in [-0.05, 0) is 42.7 Å². The van der Waals surface area contributed by atoms with Gasteiger partial charge in [0.05, 0.1) is 17.1 Å². The fraction of sp³-hybridized carbons (Fsp3) is 0.273. The van der Waals surface area contributed by atoms with E-state index in [-0.39, 0.29) is 0 Å². The Morgan fingerprint density at radius 1 is 1.11 bits per heavy atom. The maximum absolute atomic E-state index is 9.55. The lowest BCUT2D eigenvalue weighted by Crippen LogP contribution is -2.42. The second-order valence-corrected chi connectivity index (χ2v) is 7.84. The van der Waals surface area contributed by atoms with Crippen molar-refractivity contribution in [1.29, 1.82) is 5.26 Å². The molecule has 1 aliphatic rings.